The fourth-order valence-electron chi connectivity index (χ4n) is 3.37. The van der Waals surface area contributed by atoms with Crippen LogP contribution in [0, 0.1) is 11.3 Å². The molecule has 0 radical (unpaired) electrons. The molecule has 0 amide bonds. The summed E-state index contributed by atoms with van der Waals surface area (Å²) in [7, 11) is 0. The minimum Gasteiger partial charge on any atom is -0.481 e. The van der Waals surface area contributed by atoms with Crippen molar-refractivity contribution in [2.24, 2.45) is 11.3 Å². The summed E-state index contributed by atoms with van der Waals surface area (Å²) in [5, 5.41) is 9.53. The zero-order valence-corrected chi connectivity index (χ0v) is 11.6. The average Bonchev–Trinajstić information content (AvgIpc) is 2.87. The molecule has 1 N–H and O–H groups in total. The van der Waals surface area contributed by atoms with E-state index in [2.05, 4.69) is 25.8 Å². The topological polar surface area (TPSA) is 53.4 Å². The number of aromatic nitrogens is 1. The van der Waals surface area contributed by atoms with Gasteiger partial charge in [0.05, 0.1) is 5.41 Å². The number of carboxylic acid groups (broad SMARTS) is 1. The number of fused-ring (bicyclic) bond motifs is 1. The second kappa shape index (κ2) is 4.23. The van der Waals surface area contributed by atoms with Crippen LogP contribution < -0.4 is 4.90 Å². The standard InChI is InChI=1S/C13H15BrN2O2/c14-10-3-4-11(15-6-10)16-7-9-2-1-5-13(9,8-16)12(17)18/h3-4,6,9H,1-2,5,7-8H2,(H,17,18)/t9-,13+/m0/s1. The first-order chi connectivity index (χ1) is 8.62. The van der Waals surface area contributed by atoms with E-state index in [4.69, 9.17) is 0 Å². The van der Waals surface area contributed by atoms with E-state index < -0.39 is 11.4 Å². The number of hydrogen-bond acceptors (Lipinski definition) is 3. The van der Waals surface area contributed by atoms with Crippen LogP contribution in [0.1, 0.15) is 19.3 Å². The zero-order valence-electron chi connectivity index (χ0n) is 9.97. The van der Waals surface area contributed by atoms with E-state index in [0.717, 1.165) is 36.1 Å². The third kappa shape index (κ3) is 1.72. The molecule has 2 aliphatic rings. The van der Waals surface area contributed by atoms with Gasteiger partial charge >= 0.3 is 5.97 Å². The van der Waals surface area contributed by atoms with Gasteiger partial charge in [-0.2, -0.15) is 0 Å². The van der Waals surface area contributed by atoms with Crippen LogP contribution in [0.5, 0.6) is 0 Å². The van der Waals surface area contributed by atoms with Gasteiger partial charge in [-0.05, 0) is 46.8 Å². The van der Waals surface area contributed by atoms with Gasteiger partial charge < -0.3 is 10.0 Å². The number of aliphatic carboxylic acids is 1. The van der Waals surface area contributed by atoms with Crippen molar-refractivity contribution in [2.75, 3.05) is 18.0 Å². The van der Waals surface area contributed by atoms with Crippen molar-refractivity contribution < 1.29 is 9.90 Å². The summed E-state index contributed by atoms with van der Waals surface area (Å²) in [6, 6.07) is 3.89. The molecule has 3 rings (SSSR count). The molecule has 1 aromatic rings. The summed E-state index contributed by atoms with van der Waals surface area (Å²) in [5.74, 6) is 0.526. The number of anilines is 1. The maximum Gasteiger partial charge on any atom is 0.311 e. The van der Waals surface area contributed by atoms with Crippen molar-refractivity contribution >= 4 is 27.7 Å². The van der Waals surface area contributed by atoms with Crippen LogP contribution >= 0.6 is 15.9 Å². The normalized spacial score (nSPS) is 30.5. The largest absolute Gasteiger partial charge is 0.481 e. The molecule has 2 heterocycles. The molecule has 1 saturated heterocycles. The summed E-state index contributed by atoms with van der Waals surface area (Å²) in [6.07, 6.45) is 4.63. The van der Waals surface area contributed by atoms with Gasteiger partial charge in [-0.15, -0.1) is 0 Å². The number of carbonyl (C=O) groups is 1. The Balaban J connectivity index is 1.86. The van der Waals surface area contributed by atoms with Crippen molar-refractivity contribution in [1.82, 2.24) is 4.98 Å². The Hall–Kier alpha value is -1.10. The molecule has 0 aromatic carbocycles. The van der Waals surface area contributed by atoms with Crippen LogP contribution in [-0.2, 0) is 4.79 Å². The molecule has 0 spiro atoms. The van der Waals surface area contributed by atoms with E-state index >= 15 is 0 Å². The highest BCUT2D eigenvalue weighted by atomic mass is 79.9. The van der Waals surface area contributed by atoms with Crippen molar-refractivity contribution in [2.45, 2.75) is 19.3 Å². The third-order valence-corrected chi connectivity index (χ3v) is 4.80. The molecule has 0 unspecified atom stereocenters. The van der Waals surface area contributed by atoms with E-state index in [9.17, 15) is 9.90 Å². The lowest BCUT2D eigenvalue weighted by atomic mass is 9.81. The van der Waals surface area contributed by atoms with Crippen molar-refractivity contribution in [3.8, 4) is 0 Å². The summed E-state index contributed by atoms with van der Waals surface area (Å²) in [6.45, 7) is 1.42. The molecule has 96 valence electrons. The van der Waals surface area contributed by atoms with E-state index in [1.54, 1.807) is 6.20 Å². The summed E-state index contributed by atoms with van der Waals surface area (Å²) < 4.78 is 0.943. The first-order valence-corrected chi connectivity index (χ1v) is 7.01. The lowest BCUT2D eigenvalue weighted by Gasteiger charge is -2.23. The predicted octanol–water partition coefficient (Wildman–Crippen LogP) is 2.54. The summed E-state index contributed by atoms with van der Waals surface area (Å²) >= 11 is 3.36. The van der Waals surface area contributed by atoms with Crippen LogP contribution in [0.2, 0.25) is 0 Å². The van der Waals surface area contributed by atoms with Gasteiger partial charge in [-0.25, -0.2) is 4.98 Å². The fourth-order valence-corrected chi connectivity index (χ4v) is 3.60. The van der Waals surface area contributed by atoms with Gasteiger partial charge in [-0.3, -0.25) is 4.79 Å². The Morgan fingerprint density at radius 3 is 3.00 bits per heavy atom. The molecule has 2 fully saturated rings. The third-order valence-electron chi connectivity index (χ3n) is 4.33. The lowest BCUT2D eigenvalue weighted by molar-refractivity contribution is -0.149. The molecule has 1 aliphatic heterocycles. The van der Waals surface area contributed by atoms with Gasteiger partial charge in [0.2, 0.25) is 0 Å². The van der Waals surface area contributed by atoms with E-state index in [0.29, 0.717) is 6.54 Å². The molecule has 1 saturated carbocycles. The summed E-state index contributed by atoms with van der Waals surface area (Å²) in [4.78, 5) is 18.1. The van der Waals surface area contributed by atoms with Gasteiger partial charge in [0, 0.05) is 23.8 Å². The highest BCUT2D eigenvalue weighted by Crippen LogP contribution is 2.49. The molecule has 1 aromatic heterocycles. The molecular weight excluding hydrogens is 296 g/mol. The minimum atomic E-state index is -0.635. The number of halogens is 1. The Labute approximate surface area is 114 Å². The van der Waals surface area contributed by atoms with Crippen molar-refractivity contribution in [3.05, 3.63) is 22.8 Å². The number of pyridine rings is 1. The van der Waals surface area contributed by atoms with Gasteiger partial charge in [0.15, 0.2) is 0 Å². The number of rotatable bonds is 2. The van der Waals surface area contributed by atoms with Gasteiger partial charge in [0.1, 0.15) is 5.82 Å². The first kappa shape index (κ1) is 12.0. The first-order valence-electron chi connectivity index (χ1n) is 6.22. The zero-order chi connectivity index (χ0) is 12.8. The van der Waals surface area contributed by atoms with E-state index in [1.807, 2.05) is 12.1 Å². The maximum atomic E-state index is 11.6. The molecular formula is C13H15BrN2O2. The Kier molecular flexibility index (Phi) is 2.81. The van der Waals surface area contributed by atoms with Gasteiger partial charge in [-0.1, -0.05) is 6.42 Å². The highest BCUT2D eigenvalue weighted by molar-refractivity contribution is 9.10. The number of nitrogens with zero attached hydrogens (tertiary/aromatic N) is 2. The highest BCUT2D eigenvalue weighted by Gasteiger charge is 2.55. The monoisotopic (exact) mass is 310 g/mol. The molecule has 2 atom stereocenters. The minimum absolute atomic E-state index is 0.278. The fraction of sp³-hybridized carbons (Fsp3) is 0.538. The Morgan fingerprint density at radius 1 is 1.56 bits per heavy atom. The quantitative estimate of drug-likeness (QED) is 0.912. The van der Waals surface area contributed by atoms with Crippen molar-refractivity contribution in [3.63, 3.8) is 0 Å². The van der Waals surface area contributed by atoms with Gasteiger partial charge in [0.25, 0.3) is 0 Å². The molecule has 18 heavy (non-hydrogen) atoms. The average molecular weight is 311 g/mol. The molecule has 5 heteroatoms. The smallest absolute Gasteiger partial charge is 0.311 e. The maximum absolute atomic E-state index is 11.6. The Bertz CT molecular complexity index is 476. The molecule has 1 aliphatic carbocycles. The van der Waals surface area contributed by atoms with E-state index in [-0.39, 0.29) is 5.92 Å². The van der Waals surface area contributed by atoms with Crippen LogP contribution in [0.4, 0.5) is 5.82 Å². The number of carboxylic acids is 1. The van der Waals surface area contributed by atoms with Crippen molar-refractivity contribution in [1.29, 1.82) is 0 Å². The SMILES string of the molecule is O=C(O)[C@@]12CCC[C@H]1CN(c1ccc(Br)cn1)C2. The van der Waals surface area contributed by atoms with Crippen LogP contribution in [0.15, 0.2) is 22.8 Å². The molecule has 4 nitrogen and oxygen atoms in total. The second-order valence-electron chi connectivity index (χ2n) is 5.27. The van der Waals surface area contributed by atoms with Crippen LogP contribution in [-0.4, -0.2) is 29.1 Å². The van der Waals surface area contributed by atoms with Crippen LogP contribution in [0.25, 0.3) is 0 Å². The molecule has 0 bridgehead atoms. The lowest BCUT2D eigenvalue weighted by Crippen LogP contribution is -2.35. The summed E-state index contributed by atoms with van der Waals surface area (Å²) in [5.41, 5.74) is -0.533. The Morgan fingerprint density at radius 2 is 2.39 bits per heavy atom. The predicted molar refractivity (Wildman–Crippen MR) is 71.6 cm³/mol. The second-order valence-corrected chi connectivity index (χ2v) is 6.18. The van der Waals surface area contributed by atoms with E-state index in [1.165, 1.54) is 0 Å². The number of hydrogen-bond donors (Lipinski definition) is 1. The van der Waals surface area contributed by atoms with Crippen LogP contribution in [0.3, 0.4) is 0 Å².